The molecule has 30 heavy (non-hydrogen) atoms. The van der Waals surface area contributed by atoms with Crippen molar-refractivity contribution >= 4 is 27.0 Å². The normalized spacial score (nSPS) is 15.4. The van der Waals surface area contributed by atoms with E-state index in [4.69, 9.17) is 13.9 Å². The maximum Gasteiger partial charge on any atom is 0.374 e. The van der Waals surface area contributed by atoms with Crippen LogP contribution in [0.1, 0.15) is 21.7 Å². The predicted molar refractivity (Wildman–Crippen MR) is 106 cm³/mol. The van der Waals surface area contributed by atoms with Gasteiger partial charge in [0, 0.05) is 24.0 Å². The van der Waals surface area contributed by atoms with Crippen molar-refractivity contribution in [2.24, 2.45) is 0 Å². The SMILES string of the molecule is Cc1c(C(=O)OCc2cccc(S(=O)(=O)N3CCOCC3)c2)oc2ccc(F)cc12. The monoisotopic (exact) mass is 433 g/mol. The lowest BCUT2D eigenvalue weighted by molar-refractivity contribution is 0.0437. The number of halogens is 1. The van der Waals surface area contributed by atoms with Crippen LogP contribution in [-0.4, -0.2) is 45.0 Å². The van der Waals surface area contributed by atoms with Gasteiger partial charge in [-0.1, -0.05) is 12.1 Å². The lowest BCUT2D eigenvalue weighted by Gasteiger charge is -2.26. The van der Waals surface area contributed by atoms with Crippen molar-refractivity contribution in [1.82, 2.24) is 4.31 Å². The largest absolute Gasteiger partial charge is 0.455 e. The Morgan fingerprint density at radius 3 is 2.70 bits per heavy atom. The predicted octanol–water partition coefficient (Wildman–Crippen LogP) is 3.26. The number of hydrogen-bond acceptors (Lipinski definition) is 6. The minimum Gasteiger partial charge on any atom is -0.455 e. The number of fused-ring (bicyclic) bond motifs is 1. The second-order valence-corrected chi connectivity index (χ2v) is 8.87. The Hall–Kier alpha value is -2.75. The fraction of sp³-hybridized carbons (Fsp3) is 0.286. The van der Waals surface area contributed by atoms with E-state index in [0.717, 1.165) is 0 Å². The molecule has 1 aliphatic rings. The number of ether oxygens (including phenoxy) is 2. The first-order chi connectivity index (χ1) is 14.4. The first kappa shape index (κ1) is 20.5. The molecule has 158 valence electrons. The summed E-state index contributed by atoms with van der Waals surface area (Å²) in [7, 11) is -3.64. The maximum absolute atomic E-state index is 13.4. The van der Waals surface area contributed by atoms with Gasteiger partial charge < -0.3 is 13.9 Å². The van der Waals surface area contributed by atoms with E-state index in [1.165, 1.54) is 34.6 Å². The fourth-order valence-corrected chi connectivity index (χ4v) is 4.81. The van der Waals surface area contributed by atoms with E-state index in [1.807, 2.05) is 0 Å². The lowest BCUT2D eigenvalue weighted by Crippen LogP contribution is -2.40. The van der Waals surface area contributed by atoms with E-state index in [9.17, 15) is 17.6 Å². The second kappa shape index (κ2) is 8.17. The fourth-order valence-electron chi connectivity index (χ4n) is 3.33. The van der Waals surface area contributed by atoms with Gasteiger partial charge in [0.05, 0.1) is 18.1 Å². The van der Waals surface area contributed by atoms with Gasteiger partial charge in [0.15, 0.2) is 0 Å². The Morgan fingerprint density at radius 1 is 1.17 bits per heavy atom. The number of nitrogens with zero attached hydrogens (tertiary/aromatic N) is 1. The summed E-state index contributed by atoms with van der Waals surface area (Å²) >= 11 is 0. The summed E-state index contributed by atoms with van der Waals surface area (Å²) in [5.74, 6) is -1.14. The molecule has 0 N–H and O–H groups in total. The molecule has 0 atom stereocenters. The summed E-state index contributed by atoms with van der Waals surface area (Å²) in [5, 5.41) is 0.501. The van der Waals surface area contributed by atoms with E-state index in [-0.39, 0.29) is 17.3 Å². The van der Waals surface area contributed by atoms with Gasteiger partial charge in [-0.2, -0.15) is 4.31 Å². The summed E-state index contributed by atoms with van der Waals surface area (Å²) in [6.07, 6.45) is 0. The number of hydrogen-bond donors (Lipinski definition) is 0. The minimum atomic E-state index is -3.64. The number of sulfonamides is 1. The van der Waals surface area contributed by atoms with Gasteiger partial charge in [-0.3, -0.25) is 0 Å². The molecule has 1 saturated heterocycles. The zero-order valence-electron chi connectivity index (χ0n) is 16.3. The Morgan fingerprint density at radius 2 is 1.93 bits per heavy atom. The average molecular weight is 433 g/mol. The lowest BCUT2D eigenvalue weighted by atomic mass is 10.1. The summed E-state index contributed by atoms with van der Waals surface area (Å²) in [4.78, 5) is 12.6. The zero-order valence-corrected chi connectivity index (χ0v) is 17.1. The number of rotatable bonds is 5. The zero-order chi connectivity index (χ0) is 21.3. The van der Waals surface area contributed by atoms with Crippen LogP contribution < -0.4 is 0 Å². The Bertz CT molecular complexity index is 1200. The highest BCUT2D eigenvalue weighted by Gasteiger charge is 2.26. The molecule has 0 saturated carbocycles. The summed E-state index contributed by atoms with van der Waals surface area (Å²) in [6.45, 7) is 2.84. The van der Waals surface area contributed by atoms with Crippen LogP contribution in [0.5, 0.6) is 0 Å². The molecule has 3 aromatic rings. The number of aryl methyl sites for hydroxylation is 1. The Kier molecular flexibility index (Phi) is 5.59. The third-order valence-corrected chi connectivity index (χ3v) is 6.85. The minimum absolute atomic E-state index is 0.00677. The molecule has 2 aromatic carbocycles. The van der Waals surface area contributed by atoms with Gasteiger partial charge in [0.25, 0.3) is 0 Å². The molecule has 9 heteroatoms. The van der Waals surface area contributed by atoms with Gasteiger partial charge >= 0.3 is 5.97 Å². The molecule has 0 bridgehead atoms. The van der Waals surface area contributed by atoms with Crippen molar-refractivity contribution in [1.29, 1.82) is 0 Å². The van der Waals surface area contributed by atoms with Gasteiger partial charge in [0.2, 0.25) is 15.8 Å². The van der Waals surface area contributed by atoms with Crippen molar-refractivity contribution in [2.75, 3.05) is 26.3 Å². The highest BCUT2D eigenvalue weighted by Crippen LogP contribution is 2.27. The standard InChI is InChI=1S/C21H20FNO6S/c1-14-18-12-16(22)5-6-19(18)29-20(14)21(24)28-13-15-3-2-4-17(11-15)30(25,26)23-7-9-27-10-8-23/h2-6,11-12H,7-10,13H2,1H3. The molecule has 1 aromatic heterocycles. The van der Waals surface area contributed by atoms with Gasteiger partial charge in [-0.25, -0.2) is 17.6 Å². The van der Waals surface area contributed by atoms with Crippen LogP contribution >= 0.6 is 0 Å². The van der Waals surface area contributed by atoms with Crippen LogP contribution in [0, 0.1) is 12.7 Å². The first-order valence-corrected chi connectivity index (χ1v) is 10.8. The van der Waals surface area contributed by atoms with Crippen LogP contribution in [0.3, 0.4) is 0 Å². The van der Waals surface area contributed by atoms with E-state index in [2.05, 4.69) is 0 Å². The quantitative estimate of drug-likeness (QED) is 0.574. The summed E-state index contributed by atoms with van der Waals surface area (Å²) in [6, 6.07) is 10.3. The number of carbonyl (C=O) groups excluding carboxylic acids is 1. The second-order valence-electron chi connectivity index (χ2n) is 6.94. The summed E-state index contributed by atoms with van der Waals surface area (Å²) in [5.41, 5.74) is 1.40. The van der Waals surface area contributed by atoms with Gasteiger partial charge in [-0.15, -0.1) is 0 Å². The highest BCUT2D eigenvalue weighted by molar-refractivity contribution is 7.89. The smallest absolute Gasteiger partial charge is 0.374 e. The maximum atomic E-state index is 13.4. The van der Waals surface area contributed by atoms with Gasteiger partial charge in [0.1, 0.15) is 18.0 Å². The Labute approximate surface area is 173 Å². The molecule has 0 unspecified atom stereocenters. The van der Waals surface area contributed by atoms with Crippen LogP contribution in [0.2, 0.25) is 0 Å². The van der Waals surface area contributed by atoms with E-state index in [1.54, 1.807) is 19.1 Å². The van der Waals surface area contributed by atoms with E-state index in [0.29, 0.717) is 48.4 Å². The third-order valence-electron chi connectivity index (χ3n) is 4.96. The molecule has 1 fully saturated rings. The van der Waals surface area contributed by atoms with Crippen LogP contribution in [0.25, 0.3) is 11.0 Å². The molecule has 2 heterocycles. The molecular formula is C21H20FNO6S. The van der Waals surface area contributed by atoms with E-state index >= 15 is 0 Å². The first-order valence-electron chi connectivity index (χ1n) is 9.39. The van der Waals surface area contributed by atoms with Crippen molar-refractivity contribution in [3.63, 3.8) is 0 Å². The number of morpholine rings is 1. The molecule has 0 radical (unpaired) electrons. The van der Waals surface area contributed by atoms with Crippen LogP contribution in [0.4, 0.5) is 4.39 Å². The average Bonchev–Trinajstić information content (AvgIpc) is 3.09. The van der Waals surface area contributed by atoms with Crippen LogP contribution in [-0.2, 0) is 26.1 Å². The van der Waals surface area contributed by atoms with Crippen LogP contribution in [0.15, 0.2) is 51.8 Å². The number of esters is 1. The van der Waals surface area contributed by atoms with E-state index < -0.39 is 21.8 Å². The molecule has 0 aliphatic carbocycles. The number of carbonyl (C=O) groups is 1. The number of furan rings is 1. The van der Waals surface area contributed by atoms with Crippen molar-refractivity contribution in [3.8, 4) is 0 Å². The van der Waals surface area contributed by atoms with Crippen molar-refractivity contribution in [2.45, 2.75) is 18.4 Å². The third kappa shape index (κ3) is 3.96. The summed E-state index contributed by atoms with van der Waals surface area (Å²) < 4.78 is 56.4. The highest BCUT2D eigenvalue weighted by atomic mass is 32.2. The number of benzene rings is 2. The molecule has 0 amide bonds. The molecule has 7 nitrogen and oxygen atoms in total. The van der Waals surface area contributed by atoms with Crippen molar-refractivity contribution < 1.29 is 31.5 Å². The molecular weight excluding hydrogens is 413 g/mol. The Balaban J connectivity index is 1.50. The molecule has 4 rings (SSSR count). The molecule has 0 spiro atoms. The topological polar surface area (TPSA) is 86.1 Å². The molecule has 1 aliphatic heterocycles. The van der Waals surface area contributed by atoms with Gasteiger partial charge in [-0.05, 0) is 42.8 Å². The van der Waals surface area contributed by atoms with Crippen molar-refractivity contribution in [3.05, 3.63) is 65.2 Å².